The molecule has 25 heavy (non-hydrogen) atoms. The highest BCUT2D eigenvalue weighted by atomic mass is 16.4. The fourth-order valence-corrected chi connectivity index (χ4v) is 3.25. The molecule has 3 amide bonds. The maximum Gasteiger partial charge on any atom is 0.327 e. The summed E-state index contributed by atoms with van der Waals surface area (Å²) in [6.07, 6.45) is 0.815. The molecule has 0 aromatic carbocycles. The third-order valence-corrected chi connectivity index (χ3v) is 4.73. The van der Waals surface area contributed by atoms with E-state index in [1.54, 1.807) is 4.90 Å². The van der Waals surface area contributed by atoms with E-state index in [-0.39, 0.29) is 5.96 Å². The monoisotopic (exact) mass is 354 g/mol. The van der Waals surface area contributed by atoms with E-state index in [2.05, 4.69) is 9.89 Å². The summed E-state index contributed by atoms with van der Waals surface area (Å²) in [5.74, 6) is -2.34. The van der Waals surface area contributed by atoms with Crippen LogP contribution in [0, 0.1) is 5.92 Å². The molecule has 5 N–H and O–H groups in total. The molecule has 0 saturated carbocycles. The molecule has 2 aliphatic rings. The number of nitrogens with zero attached hydrogens (tertiary/aromatic N) is 4. The number of hydrogen-bond acceptors (Lipinski definition) is 5. The second kappa shape index (κ2) is 8.15. The number of rotatable bonds is 6. The molecule has 2 rings (SSSR count). The highest BCUT2D eigenvalue weighted by molar-refractivity contribution is 6.07. The molecule has 2 fully saturated rings. The van der Waals surface area contributed by atoms with E-state index in [0.29, 0.717) is 32.5 Å². The van der Waals surface area contributed by atoms with Gasteiger partial charge in [-0.3, -0.25) is 9.79 Å². The molecule has 140 valence electrons. The summed E-state index contributed by atoms with van der Waals surface area (Å²) in [4.78, 5) is 44.9. The fraction of sp³-hybridized carbons (Fsp3) is 0.733. The lowest BCUT2D eigenvalue weighted by Gasteiger charge is -2.46. The average molecular weight is 354 g/mol. The van der Waals surface area contributed by atoms with Gasteiger partial charge in [0.15, 0.2) is 12.0 Å². The van der Waals surface area contributed by atoms with E-state index in [9.17, 15) is 19.5 Å². The molecule has 0 bridgehead atoms. The zero-order valence-electron chi connectivity index (χ0n) is 14.4. The smallest absolute Gasteiger partial charge is 0.327 e. The minimum Gasteiger partial charge on any atom is -0.480 e. The minimum absolute atomic E-state index is 0.0438. The molecule has 2 aliphatic heterocycles. The molecule has 2 saturated heterocycles. The van der Waals surface area contributed by atoms with Gasteiger partial charge in [0.05, 0.1) is 5.92 Å². The third-order valence-electron chi connectivity index (χ3n) is 4.73. The van der Waals surface area contributed by atoms with Crippen molar-refractivity contribution in [3.8, 4) is 0 Å². The molecule has 10 heteroatoms. The van der Waals surface area contributed by atoms with Crippen LogP contribution in [0.15, 0.2) is 4.99 Å². The summed E-state index contributed by atoms with van der Waals surface area (Å²) in [6.45, 7) is 5.72. The van der Waals surface area contributed by atoms with Gasteiger partial charge in [-0.25, -0.2) is 14.5 Å². The van der Waals surface area contributed by atoms with Crippen LogP contribution in [-0.2, 0) is 9.59 Å². The number of likely N-dealkylation sites (N-methyl/N-ethyl adjacent to an activating group) is 1. The Labute approximate surface area is 146 Å². The van der Waals surface area contributed by atoms with Crippen LogP contribution in [0.2, 0.25) is 0 Å². The number of β-lactam (4-membered cyclic amide) rings is 1. The predicted molar refractivity (Wildman–Crippen MR) is 90.8 cm³/mol. The van der Waals surface area contributed by atoms with Gasteiger partial charge in [-0.1, -0.05) is 6.92 Å². The van der Waals surface area contributed by atoms with Gasteiger partial charge in [0.1, 0.15) is 0 Å². The van der Waals surface area contributed by atoms with Crippen molar-refractivity contribution in [3.63, 3.8) is 0 Å². The summed E-state index contributed by atoms with van der Waals surface area (Å²) in [7, 11) is 0. The van der Waals surface area contributed by atoms with Crippen molar-refractivity contribution in [2.24, 2.45) is 22.4 Å². The van der Waals surface area contributed by atoms with Crippen molar-refractivity contribution < 1.29 is 19.5 Å². The number of amides is 3. The topological polar surface area (TPSA) is 146 Å². The number of aliphatic carboxylic acids is 1. The number of piperazine rings is 1. The molecule has 0 aromatic rings. The predicted octanol–water partition coefficient (Wildman–Crippen LogP) is -1.29. The van der Waals surface area contributed by atoms with Gasteiger partial charge in [0, 0.05) is 32.7 Å². The van der Waals surface area contributed by atoms with E-state index in [0.717, 1.165) is 24.5 Å². The summed E-state index contributed by atoms with van der Waals surface area (Å²) in [5, 5.41) is 9.42. The van der Waals surface area contributed by atoms with E-state index in [1.807, 2.05) is 6.92 Å². The molecule has 0 aromatic heterocycles. The highest BCUT2D eigenvalue weighted by Crippen LogP contribution is 2.32. The summed E-state index contributed by atoms with van der Waals surface area (Å²) in [6, 6.07) is -1.61. The summed E-state index contributed by atoms with van der Waals surface area (Å²) >= 11 is 0. The molecule has 2 atom stereocenters. The van der Waals surface area contributed by atoms with Crippen molar-refractivity contribution >= 4 is 23.9 Å². The van der Waals surface area contributed by atoms with Gasteiger partial charge in [-0.15, -0.1) is 0 Å². The van der Waals surface area contributed by atoms with Crippen molar-refractivity contribution in [2.75, 3.05) is 39.3 Å². The Morgan fingerprint density at radius 3 is 2.40 bits per heavy atom. The first-order valence-corrected chi connectivity index (χ1v) is 8.49. The zero-order valence-corrected chi connectivity index (χ0v) is 14.4. The van der Waals surface area contributed by atoms with Crippen LogP contribution in [0.25, 0.3) is 0 Å². The number of guanidine groups is 1. The molecular formula is C15H26N6O4. The number of carboxylic acid groups (broad SMARTS) is 1. The Morgan fingerprint density at radius 2 is 1.88 bits per heavy atom. The maximum absolute atomic E-state index is 12.6. The molecule has 2 unspecified atom stereocenters. The standard InChI is InChI=1S/C15H26N6O4/c1-2-19-6-8-20(9-7-19)15(25)21-11(13(23)24)10(12(21)22)4-3-5-18-14(16)17/h10-11H,2-9H2,1H3,(H,23,24)(H4,16,17,18). The highest BCUT2D eigenvalue weighted by Gasteiger charge is 2.55. The van der Waals surface area contributed by atoms with Gasteiger partial charge in [0.25, 0.3) is 0 Å². The van der Waals surface area contributed by atoms with Crippen LogP contribution >= 0.6 is 0 Å². The SMILES string of the molecule is CCN1CCN(C(=O)N2C(=O)C(CCCN=C(N)N)C2C(=O)O)CC1. The van der Waals surface area contributed by atoms with Gasteiger partial charge in [-0.05, 0) is 19.4 Å². The number of urea groups is 1. The zero-order chi connectivity index (χ0) is 18.6. The van der Waals surface area contributed by atoms with Crippen LogP contribution in [0.4, 0.5) is 4.79 Å². The average Bonchev–Trinajstić information content (AvgIpc) is 2.58. The van der Waals surface area contributed by atoms with Crippen molar-refractivity contribution in [2.45, 2.75) is 25.8 Å². The number of carbonyl (C=O) groups excluding carboxylic acids is 2. The number of likely N-dealkylation sites (tertiary alicyclic amines) is 1. The van der Waals surface area contributed by atoms with Crippen LogP contribution in [0.5, 0.6) is 0 Å². The molecule has 0 aliphatic carbocycles. The van der Waals surface area contributed by atoms with E-state index >= 15 is 0 Å². The Hall–Kier alpha value is -2.36. The van der Waals surface area contributed by atoms with Gasteiger partial charge in [-0.2, -0.15) is 0 Å². The summed E-state index contributed by atoms with van der Waals surface area (Å²) < 4.78 is 0. The van der Waals surface area contributed by atoms with Crippen molar-refractivity contribution in [1.82, 2.24) is 14.7 Å². The van der Waals surface area contributed by atoms with Crippen molar-refractivity contribution in [1.29, 1.82) is 0 Å². The molecule has 0 radical (unpaired) electrons. The lowest BCUT2D eigenvalue weighted by molar-refractivity contribution is -0.167. The molecule has 2 heterocycles. The van der Waals surface area contributed by atoms with Gasteiger partial charge >= 0.3 is 12.0 Å². The fourth-order valence-electron chi connectivity index (χ4n) is 3.25. The normalized spacial score (nSPS) is 24.0. The molecule has 0 spiro atoms. The number of aliphatic imine (C=N–C) groups is 1. The van der Waals surface area contributed by atoms with Crippen LogP contribution in [0.1, 0.15) is 19.8 Å². The maximum atomic E-state index is 12.6. The van der Waals surface area contributed by atoms with E-state index in [1.165, 1.54) is 0 Å². The minimum atomic E-state index is -1.16. The lowest BCUT2D eigenvalue weighted by atomic mass is 9.84. The number of hydrogen-bond donors (Lipinski definition) is 3. The van der Waals surface area contributed by atoms with Crippen LogP contribution in [0.3, 0.4) is 0 Å². The van der Waals surface area contributed by atoms with Crippen LogP contribution < -0.4 is 11.5 Å². The quantitative estimate of drug-likeness (QED) is 0.233. The first-order valence-electron chi connectivity index (χ1n) is 8.49. The van der Waals surface area contributed by atoms with Gasteiger partial charge < -0.3 is 26.4 Å². The van der Waals surface area contributed by atoms with E-state index in [4.69, 9.17) is 11.5 Å². The second-order valence-corrected chi connectivity index (χ2v) is 6.25. The van der Waals surface area contributed by atoms with Crippen molar-refractivity contribution in [3.05, 3.63) is 0 Å². The Balaban J connectivity index is 1.94. The van der Waals surface area contributed by atoms with E-state index < -0.39 is 29.9 Å². The Kier molecular flexibility index (Phi) is 6.18. The molecule has 10 nitrogen and oxygen atoms in total. The first kappa shape index (κ1) is 19.0. The Morgan fingerprint density at radius 1 is 1.24 bits per heavy atom. The number of nitrogens with two attached hydrogens (primary N) is 2. The Bertz CT molecular complexity index is 554. The number of imide groups is 1. The third kappa shape index (κ3) is 4.19. The van der Waals surface area contributed by atoms with Crippen LogP contribution in [-0.4, -0.2) is 89.0 Å². The lowest BCUT2D eigenvalue weighted by Crippen LogP contribution is -2.69. The number of carbonyl (C=O) groups is 3. The molecular weight excluding hydrogens is 328 g/mol. The summed E-state index contributed by atoms with van der Waals surface area (Å²) in [5.41, 5.74) is 10.5. The second-order valence-electron chi connectivity index (χ2n) is 6.25. The first-order chi connectivity index (χ1) is 11.9. The number of carboxylic acids is 1. The largest absolute Gasteiger partial charge is 0.480 e. The van der Waals surface area contributed by atoms with Gasteiger partial charge in [0.2, 0.25) is 5.91 Å².